The van der Waals surface area contributed by atoms with Crippen LogP contribution in [0, 0.1) is 0 Å². The molecule has 2 saturated carbocycles. The van der Waals surface area contributed by atoms with Crippen LogP contribution in [0.15, 0.2) is 0 Å². The van der Waals surface area contributed by atoms with Crippen LogP contribution in [0.4, 0.5) is 0 Å². The summed E-state index contributed by atoms with van der Waals surface area (Å²) in [6, 6.07) is 0. The van der Waals surface area contributed by atoms with Gasteiger partial charge in [0.2, 0.25) is 0 Å². The average molecular weight is 434 g/mol. The zero-order valence-electron chi connectivity index (χ0n) is 9.13. The van der Waals surface area contributed by atoms with Gasteiger partial charge in [0.05, 0.1) is 12.2 Å². The van der Waals surface area contributed by atoms with E-state index in [1.54, 1.807) is 0 Å². The first kappa shape index (κ1) is 12.9. The maximum Gasteiger partial charge on any atom is 0.0696 e. The second kappa shape index (κ2) is 6.38. The Morgan fingerprint density at radius 3 is 1.47 bits per heavy atom. The van der Waals surface area contributed by atoms with Crippen molar-refractivity contribution in [3.8, 4) is 0 Å². The topological polar surface area (TPSA) is 9.23 Å². The van der Waals surface area contributed by atoms with Gasteiger partial charge in [-0.15, -0.1) is 0 Å². The molecular weight excluding hydrogens is 414 g/mol. The van der Waals surface area contributed by atoms with Gasteiger partial charge >= 0.3 is 0 Å². The molecule has 15 heavy (non-hydrogen) atoms. The van der Waals surface area contributed by atoms with Crippen LogP contribution in [0.2, 0.25) is 0 Å². The van der Waals surface area contributed by atoms with Crippen molar-refractivity contribution in [3.05, 3.63) is 0 Å². The van der Waals surface area contributed by atoms with Gasteiger partial charge in [-0.25, -0.2) is 0 Å². The molecule has 4 atom stereocenters. The van der Waals surface area contributed by atoms with Gasteiger partial charge in [0.15, 0.2) is 0 Å². The van der Waals surface area contributed by atoms with Crippen molar-refractivity contribution < 1.29 is 4.74 Å². The monoisotopic (exact) mass is 434 g/mol. The van der Waals surface area contributed by atoms with E-state index in [0.29, 0.717) is 12.2 Å². The SMILES string of the molecule is IC1CCCCC1OC1CCCCC1I. The van der Waals surface area contributed by atoms with E-state index in [9.17, 15) is 0 Å². The Hall–Kier alpha value is 1.42. The standard InChI is InChI=1S/C12H20I2O/c13-9-5-1-3-7-11(9)15-12-8-4-2-6-10(12)14/h9-12H,1-8H2. The molecule has 0 heterocycles. The summed E-state index contributed by atoms with van der Waals surface area (Å²) in [5.74, 6) is 0. The largest absolute Gasteiger partial charge is 0.373 e. The normalized spacial score (nSPS) is 42.8. The molecule has 2 rings (SSSR count). The van der Waals surface area contributed by atoms with E-state index in [2.05, 4.69) is 45.2 Å². The molecular formula is C12H20I2O. The van der Waals surface area contributed by atoms with Crippen molar-refractivity contribution in [2.45, 2.75) is 71.4 Å². The summed E-state index contributed by atoms with van der Waals surface area (Å²) in [5.41, 5.74) is 0. The number of halogens is 2. The highest BCUT2D eigenvalue weighted by Crippen LogP contribution is 2.33. The Bertz CT molecular complexity index is 178. The molecule has 3 heteroatoms. The molecule has 88 valence electrons. The molecule has 2 aliphatic carbocycles. The minimum atomic E-state index is 0.555. The molecule has 0 N–H and O–H groups in total. The van der Waals surface area contributed by atoms with Crippen molar-refractivity contribution >= 4 is 45.2 Å². The van der Waals surface area contributed by atoms with Gasteiger partial charge in [0, 0.05) is 7.85 Å². The molecule has 2 aliphatic rings. The van der Waals surface area contributed by atoms with Crippen LogP contribution in [0.25, 0.3) is 0 Å². The van der Waals surface area contributed by atoms with Gasteiger partial charge in [0.1, 0.15) is 0 Å². The molecule has 0 spiro atoms. The van der Waals surface area contributed by atoms with Gasteiger partial charge in [-0.2, -0.15) is 0 Å². The molecule has 2 fully saturated rings. The van der Waals surface area contributed by atoms with Gasteiger partial charge in [-0.3, -0.25) is 0 Å². The summed E-state index contributed by atoms with van der Waals surface area (Å²) >= 11 is 5.19. The van der Waals surface area contributed by atoms with Crippen LogP contribution < -0.4 is 0 Å². The number of rotatable bonds is 2. The Morgan fingerprint density at radius 2 is 1.07 bits per heavy atom. The molecule has 0 amide bonds. The molecule has 0 saturated heterocycles. The minimum Gasteiger partial charge on any atom is -0.373 e. The first-order chi connectivity index (χ1) is 7.27. The van der Waals surface area contributed by atoms with E-state index in [1.807, 2.05) is 0 Å². The number of hydrogen-bond acceptors (Lipinski definition) is 1. The van der Waals surface area contributed by atoms with Crippen LogP contribution in [-0.2, 0) is 4.74 Å². The van der Waals surface area contributed by atoms with Crippen LogP contribution >= 0.6 is 45.2 Å². The summed E-state index contributed by atoms with van der Waals surface area (Å²) in [7, 11) is 0. The molecule has 1 nitrogen and oxygen atoms in total. The van der Waals surface area contributed by atoms with Crippen molar-refractivity contribution in [2.24, 2.45) is 0 Å². The fourth-order valence-electron chi connectivity index (χ4n) is 2.63. The average Bonchev–Trinajstić information content (AvgIpc) is 2.24. The van der Waals surface area contributed by atoms with Crippen molar-refractivity contribution in [2.75, 3.05) is 0 Å². The third kappa shape index (κ3) is 3.69. The number of hydrogen-bond donors (Lipinski definition) is 0. The molecule has 0 aromatic carbocycles. The lowest BCUT2D eigenvalue weighted by molar-refractivity contribution is -0.0336. The molecule has 4 unspecified atom stereocenters. The zero-order chi connectivity index (χ0) is 10.7. The molecule has 0 bridgehead atoms. The fraction of sp³-hybridized carbons (Fsp3) is 1.00. The van der Waals surface area contributed by atoms with Gasteiger partial charge in [-0.05, 0) is 25.7 Å². The Labute approximate surface area is 120 Å². The lowest BCUT2D eigenvalue weighted by atomic mass is 9.95. The molecule has 0 aromatic heterocycles. The fourth-order valence-corrected chi connectivity index (χ4v) is 4.57. The van der Waals surface area contributed by atoms with E-state index < -0.39 is 0 Å². The summed E-state index contributed by atoms with van der Waals surface area (Å²) < 4.78 is 7.87. The maximum absolute atomic E-state index is 6.34. The van der Waals surface area contributed by atoms with E-state index in [1.165, 1.54) is 51.4 Å². The predicted molar refractivity (Wildman–Crippen MR) is 81.2 cm³/mol. The highest BCUT2D eigenvalue weighted by molar-refractivity contribution is 14.1. The molecule has 0 aliphatic heterocycles. The van der Waals surface area contributed by atoms with Gasteiger partial charge in [0.25, 0.3) is 0 Å². The van der Waals surface area contributed by atoms with E-state index >= 15 is 0 Å². The summed E-state index contributed by atoms with van der Waals surface area (Å²) in [5, 5.41) is 0. The lowest BCUT2D eigenvalue weighted by Gasteiger charge is -2.35. The summed E-state index contributed by atoms with van der Waals surface area (Å²) in [4.78, 5) is 0. The van der Waals surface area contributed by atoms with E-state index in [0.717, 1.165) is 7.85 Å². The smallest absolute Gasteiger partial charge is 0.0696 e. The van der Waals surface area contributed by atoms with Crippen LogP contribution in [0.3, 0.4) is 0 Å². The van der Waals surface area contributed by atoms with Crippen LogP contribution in [0.1, 0.15) is 51.4 Å². The highest BCUT2D eigenvalue weighted by Gasteiger charge is 2.30. The molecule has 0 aromatic rings. The summed E-state index contributed by atoms with van der Waals surface area (Å²) in [6.45, 7) is 0. The van der Waals surface area contributed by atoms with Crippen molar-refractivity contribution in [3.63, 3.8) is 0 Å². The number of alkyl halides is 2. The molecule has 0 radical (unpaired) electrons. The summed E-state index contributed by atoms with van der Waals surface area (Å²) in [6.07, 6.45) is 12.0. The third-order valence-corrected chi connectivity index (χ3v) is 6.44. The first-order valence-corrected chi connectivity index (χ1v) is 8.70. The highest BCUT2D eigenvalue weighted by atomic mass is 127. The van der Waals surface area contributed by atoms with Crippen LogP contribution in [-0.4, -0.2) is 20.1 Å². The van der Waals surface area contributed by atoms with E-state index in [-0.39, 0.29) is 0 Å². The first-order valence-electron chi connectivity index (χ1n) is 6.21. The lowest BCUT2D eigenvalue weighted by Crippen LogP contribution is -2.37. The van der Waals surface area contributed by atoms with Gasteiger partial charge < -0.3 is 4.74 Å². The number of ether oxygens (including phenoxy) is 1. The van der Waals surface area contributed by atoms with E-state index in [4.69, 9.17) is 4.74 Å². The maximum atomic E-state index is 6.34. The quantitative estimate of drug-likeness (QED) is 0.460. The minimum absolute atomic E-state index is 0.555. The Balaban J connectivity index is 1.83. The predicted octanol–water partition coefficient (Wildman–Crippen LogP) is 4.50. The second-order valence-corrected chi connectivity index (χ2v) is 8.01. The second-order valence-electron chi connectivity index (χ2n) is 4.81. The van der Waals surface area contributed by atoms with Crippen molar-refractivity contribution in [1.29, 1.82) is 0 Å². The Morgan fingerprint density at radius 1 is 0.667 bits per heavy atom. The van der Waals surface area contributed by atoms with Crippen molar-refractivity contribution in [1.82, 2.24) is 0 Å². The van der Waals surface area contributed by atoms with Crippen LogP contribution in [0.5, 0.6) is 0 Å². The third-order valence-electron chi connectivity index (χ3n) is 3.59. The Kier molecular flexibility index (Phi) is 5.47. The van der Waals surface area contributed by atoms with Gasteiger partial charge in [-0.1, -0.05) is 70.9 Å². The zero-order valence-corrected chi connectivity index (χ0v) is 13.4.